The van der Waals surface area contributed by atoms with Gasteiger partial charge in [0.25, 0.3) is 0 Å². The highest BCUT2D eigenvalue weighted by molar-refractivity contribution is 7.93. The van der Waals surface area contributed by atoms with Crippen molar-refractivity contribution >= 4 is 45.5 Å². The zero-order valence-electron chi connectivity index (χ0n) is 26.7. The van der Waals surface area contributed by atoms with Crippen molar-refractivity contribution in [3.05, 3.63) is 58.6 Å². The molecule has 0 saturated carbocycles. The third kappa shape index (κ3) is 10.8. The van der Waals surface area contributed by atoms with Gasteiger partial charge in [-0.15, -0.1) is 0 Å². The topological polar surface area (TPSA) is 145 Å². The molecule has 0 aliphatic carbocycles. The summed E-state index contributed by atoms with van der Waals surface area (Å²) in [6.45, 7) is 7.77. The molecule has 2 aromatic carbocycles. The summed E-state index contributed by atoms with van der Waals surface area (Å²) >= 11 is 6.58. The van der Waals surface area contributed by atoms with Gasteiger partial charge in [-0.1, -0.05) is 23.8 Å². The van der Waals surface area contributed by atoms with E-state index in [0.717, 1.165) is 4.31 Å². The number of amides is 1. The number of nitrogens with zero attached hydrogens (tertiary/aromatic N) is 3. The summed E-state index contributed by atoms with van der Waals surface area (Å²) in [7, 11) is -2.74. The second-order valence-corrected chi connectivity index (χ2v) is 13.6. The van der Waals surface area contributed by atoms with Gasteiger partial charge < -0.3 is 28.6 Å². The zero-order chi connectivity index (χ0) is 33.9. The van der Waals surface area contributed by atoms with Crippen LogP contribution in [0, 0.1) is 11.3 Å². The maximum Gasteiger partial charge on any atom is 0.410 e. The Bertz CT molecular complexity index is 1540. The predicted molar refractivity (Wildman–Crippen MR) is 173 cm³/mol. The molecule has 1 saturated heterocycles. The van der Waals surface area contributed by atoms with Crippen molar-refractivity contribution in [1.82, 2.24) is 4.90 Å². The molecule has 0 unspecified atom stereocenters. The Morgan fingerprint density at radius 2 is 1.83 bits per heavy atom. The minimum absolute atomic E-state index is 0.0252. The first-order valence-corrected chi connectivity index (χ1v) is 16.7. The van der Waals surface area contributed by atoms with Gasteiger partial charge in [-0.2, -0.15) is 5.26 Å². The van der Waals surface area contributed by atoms with E-state index in [2.05, 4.69) is 6.07 Å². The van der Waals surface area contributed by atoms with E-state index in [1.54, 1.807) is 48.2 Å². The number of anilines is 1. The van der Waals surface area contributed by atoms with E-state index in [0.29, 0.717) is 48.6 Å². The summed E-state index contributed by atoms with van der Waals surface area (Å²) in [5.41, 5.74) is 0.525. The zero-order valence-corrected chi connectivity index (χ0v) is 28.2. The van der Waals surface area contributed by atoms with E-state index in [4.69, 9.17) is 35.3 Å². The van der Waals surface area contributed by atoms with Gasteiger partial charge in [0.2, 0.25) is 10.0 Å². The second-order valence-electron chi connectivity index (χ2n) is 11.3. The highest BCUT2D eigenvalue weighted by atomic mass is 35.5. The minimum atomic E-state index is -4.22. The second kappa shape index (κ2) is 16.5. The van der Waals surface area contributed by atoms with E-state index in [-0.39, 0.29) is 42.9 Å². The monoisotopic (exact) mass is 677 g/mol. The molecule has 0 bridgehead atoms. The Kier molecular flexibility index (Phi) is 13.1. The Morgan fingerprint density at radius 3 is 2.43 bits per heavy atom. The number of likely N-dealkylation sites (tertiary alicyclic amines) is 1. The molecule has 1 aliphatic heterocycles. The van der Waals surface area contributed by atoms with Crippen LogP contribution >= 0.6 is 11.6 Å². The highest BCUT2D eigenvalue weighted by Crippen LogP contribution is 2.33. The van der Waals surface area contributed by atoms with E-state index in [1.165, 1.54) is 19.2 Å². The number of hydrogen-bond donors (Lipinski definition) is 0. The number of halogens is 1. The molecule has 1 heterocycles. The maximum absolute atomic E-state index is 13.4. The Hall–Kier alpha value is -3.99. The smallest absolute Gasteiger partial charge is 0.410 e. The lowest BCUT2D eigenvalue weighted by Gasteiger charge is -2.33. The first kappa shape index (κ1) is 36.5. The van der Waals surface area contributed by atoms with Crippen LogP contribution < -0.4 is 13.8 Å². The average Bonchev–Trinajstić information content (AvgIpc) is 2.98. The van der Waals surface area contributed by atoms with Gasteiger partial charge in [-0.25, -0.2) is 13.2 Å². The third-order valence-corrected chi connectivity index (χ3v) is 8.50. The molecule has 1 amide bonds. The molecule has 0 radical (unpaired) electrons. The molecule has 250 valence electrons. The number of piperidine rings is 1. The van der Waals surface area contributed by atoms with Crippen LogP contribution in [0.4, 0.5) is 10.5 Å². The number of carbonyl (C=O) groups is 2. The van der Waals surface area contributed by atoms with Crippen molar-refractivity contribution in [1.29, 1.82) is 5.26 Å². The van der Waals surface area contributed by atoms with Crippen LogP contribution in [-0.2, 0) is 29.0 Å². The van der Waals surface area contributed by atoms with Gasteiger partial charge >= 0.3 is 12.1 Å². The van der Waals surface area contributed by atoms with Gasteiger partial charge in [-0.05, 0) is 64.1 Å². The fourth-order valence-electron chi connectivity index (χ4n) is 4.49. The van der Waals surface area contributed by atoms with Crippen molar-refractivity contribution < 1.29 is 41.7 Å². The number of carbonyl (C=O) groups excluding carboxylic acids is 2. The van der Waals surface area contributed by atoms with Crippen molar-refractivity contribution in [2.75, 3.05) is 50.2 Å². The Labute approximate surface area is 275 Å². The van der Waals surface area contributed by atoms with Crippen LogP contribution in [0.25, 0.3) is 6.08 Å². The van der Waals surface area contributed by atoms with Crippen LogP contribution in [-0.4, -0.2) is 83.0 Å². The molecular weight excluding hydrogens is 638 g/mol. The molecule has 1 aliphatic rings. The summed E-state index contributed by atoms with van der Waals surface area (Å²) in [5.74, 6) is -0.989. The molecule has 14 heteroatoms. The molecule has 3 rings (SSSR count). The number of methoxy groups -OCH3 is 1. The van der Waals surface area contributed by atoms with Crippen LogP contribution in [0.1, 0.15) is 51.7 Å². The van der Waals surface area contributed by atoms with E-state index < -0.39 is 27.3 Å². The van der Waals surface area contributed by atoms with Gasteiger partial charge in [0, 0.05) is 38.6 Å². The number of esters is 1. The molecule has 1 fully saturated rings. The van der Waals surface area contributed by atoms with Crippen molar-refractivity contribution in [3.8, 4) is 17.6 Å². The standard InChI is InChI=1S/C32H40ClN3O9S/c1-6-42-30(37)21-46(39,40)36(15-7-8-24-18-23(20-34)9-11-28(24)43-22-41-5)25-10-12-29(27(33)19-25)44-26-13-16-35(17-14-26)31(38)45-32(2,3)4/h7-12,18-19,26H,6,13-17,21-22H2,1-5H3. The van der Waals surface area contributed by atoms with Gasteiger partial charge in [0.05, 0.1) is 35.5 Å². The maximum atomic E-state index is 13.4. The molecular formula is C32H40ClN3O9S. The lowest BCUT2D eigenvalue weighted by Crippen LogP contribution is -2.44. The van der Waals surface area contributed by atoms with E-state index >= 15 is 0 Å². The highest BCUT2D eigenvalue weighted by Gasteiger charge is 2.29. The summed E-state index contributed by atoms with van der Waals surface area (Å²) in [4.78, 5) is 26.2. The molecule has 2 aromatic rings. The molecule has 0 atom stereocenters. The van der Waals surface area contributed by atoms with E-state index in [1.807, 2.05) is 20.8 Å². The van der Waals surface area contributed by atoms with Crippen LogP contribution in [0.15, 0.2) is 42.5 Å². The SMILES string of the molecule is CCOC(=O)CS(=O)(=O)N(CC=Cc1cc(C#N)ccc1OCOC)c1ccc(OC2CCN(C(=O)OC(C)(C)C)CC2)c(Cl)c1. The van der Waals surface area contributed by atoms with Gasteiger partial charge in [0.15, 0.2) is 12.5 Å². The van der Waals surface area contributed by atoms with Crippen molar-refractivity contribution in [2.45, 2.75) is 52.2 Å². The number of sulfonamides is 1. The molecule has 0 spiro atoms. The number of benzene rings is 2. The summed E-state index contributed by atoms with van der Waals surface area (Å²) < 4.78 is 54.9. The fourth-order valence-corrected chi connectivity index (χ4v) is 5.99. The lowest BCUT2D eigenvalue weighted by atomic mass is 10.1. The number of ether oxygens (including phenoxy) is 5. The van der Waals surface area contributed by atoms with Crippen LogP contribution in [0.5, 0.6) is 11.5 Å². The molecule has 12 nitrogen and oxygen atoms in total. The largest absolute Gasteiger partial charge is 0.489 e. The predicted octanol–water partition coefficient (Wildman–Crippen LogP) is 5.39. The van der Waals surface area contributed by atoms with Crippen LogP contribution in [0.2, 0.25) is 5.02 Å². The summed E-state index contributed by atoms with van der Waals surface area (Å²) in [6, 6.07) is 11.4. The number of nitriles is 1. The normalized spacial score (nSPS) is 14.1. The molecule has 46 heavy (non-hydrogen) atoms. The van der Waals surface area contributed by atoms with Gasteiger partial charge in [0.1, 0.15) is 23.2 Å². The van der Waals surface area contributed by atoms with Gasteiger partial charge in [-0.3, -0.25) is 9.10 Å². The lowest BCUT2D eigenvalue weighted by molar-refractivity contribution is -0.139. The fraction of sp³-hybridized carbons (Fsp3) is 0.469. The summed E-state index contributed by atoms with van der Waals surface area (Å²) in [6.07, 6.45) is 3.71. The third-order valence-electron chi connectivity index (χ3n) is 6.57. The Morgan fingerprint density at radius 1 is 1.13 bits per heavy atom. The quantitative estimate of drug-likeness (QED) is 0.200. The van der Waals surface area contributed by atoms with Crippen molar-refractivity contribution in [2.24, 2.45) is 0 Å². The minimum Gasteiger partial charge on any atom is -0.489 e. The summed E-state index contributed by atoms with van der Waals surface area (Å²) in [5, 5.41) is 9.50. The van der Waals surface area contributed by atoms with Crippen LogP contribution in [0.3, 0.4) is 0 Å². The Balaban J connectivity index is 1.81. The molecule has 0 N–H and O–H groups in total. The first-order chi connectivity index (χ1) is 21.8. The molecule has 0 aromatic heterocycles. The van der Waals surface area contributed by atoms with E-state index in [9.17, 15) is 23.3 Å². The number of hydrogen-bond acceptors (Lipinski definition) is 10. The van der Waals surface area contributed by atoms with Crippen molar-refractivity contribution in [3.63, 3.8) is 0 Å². The number of rotatable bonds is 13. The first-order valence-electron chi connectivity index (χ1n) is 14.7. The average molecular weight is 678 g/mol.